The van der Waals surface area contributed by atoms with Crippen LogP contribution in [0.5, 0.6) is 11.5 Å². The van der Waals surface area contributed by atoms with E-state index in [1.165, 1.54) is 5.69 Å². The number of nitrogens with one attached hydrogen (secondary N) is 2. The molecule has 1 aliphatic carbocycles. The van der Waals surface area contributed by atoms with Crippen molar-refractivity contribution in [2.24, 2.45) is 0 Å². The SMILES string of the molecule is COc1ccc(C)cc1NC(=O)N[C@H]1CC[C@@H](N2CCN(c3ccccc3OC(C)C)CC2)CC1. The molecule has 35 heavy (non-hydrogen) atoms. The lowest BCUT2D eigenvalue weighted by molar-refractivity contribution is 0.137. The number of piperazine rings is 1. The Morgan fingerprint density at radius 3 is 2.37 bits per heavy atom. The van der Waals surface area contributed by atoms with Crippen LogP contribution in [0.25, 0.3) is 0 Å². The van der Waals surface area contributed by atoms with Crippen molar-refractivity contribution in [1.29, 1.82) is 0 Å². The molecule has 1 saturated heterocycles. The van der Waals surface area contributed by atoms with Crippen LogP contribution in [0.4, 0.5) is 16.2 Å². The lowest BCUT2D eigenvalue weighted by atomic mass is 9.90. The molecule has 1 saturated carbocycles. The molecule has 2 aromatic carbocycles. The van der Waals surface area contributed by atoms with E-state index in [-0.39, 0.29) is 18.2 Å². The maximum Gasteiger partial charge on any atom is 0.319 e. The summed E-state index contributed by atoms with van der Waals surface area (Å²) >= 11 is 0. The zero-order chi connectivity index (χ0) is 24.8. The first kappa shape index (κ1) is 25.2. The van der Waals surface area contributed by atoms with Crippen molar-refractivity contribution in [2.45, 2.75) is 64.6 Å². The minimum absolute atomic E-state index is 0.159. The number of para-hydroxylation sites is 2. The minimum Gasteiger partial charge on any atom is -0.495 e. The number of amides is 2. The number of aryl methyl sites for hydroxylation is 1. The van der Waals surface area contributed by atoms with Gasteiger partial charge in [0.15, 0.2) is 0 Å². The van der Waals surface area contributed by atoms with E-state index in [0.717, 1.165) is 63.2 Å². The first-order valence-electron chi connectivity index (χ1n) is 12.9. The summed E-state index contributed by atoms with van der Waals surface area (Å²) in [6.07, 6.45) is 4.42. The standard InChI is InChI=1S/C28H40N4O3/c1-20(2)35-27-8-6-5-7-25(27)32-17-15-31(16-18-32)23-12-10-22(11-13-23)29-28(33)30-24-19-21(3)9-14-26(24)34-4/h5-9,14,19-20,22-23H,10-13,15-18H2,1-4H3,(H2,29,30,33)/t22-,23+. The third kappa shape index (κ3) is 6.60. The summed E-state index contributed by atoms with van der Waals surface area (Å²) in [7, 11) is 1.62. The molecule has 4 rings (SSSR count). The number of hydrogen-bond donors (Lipinski definition) is 2. The zero-order valence-electron chi connectivity index (χ0n) is 21.5. The summed E-state index contributed by atoms with van der Waals surface area (Å²) in [5.41, 5.74) is 2.99. The Hall–Kier alpha value is -2.93. The Balaban J connectivity index is 1.23. The Kier molecular flexibility index (Phi) is 8.39. The number of methoxy groups -OCH3 is 1. The maximum absolute atomic E-state index is 12.6. The van der Waals surface area contributed by atoms with Gasteiger partial charge in [-0.15, -0.1) is 0 Å². The van der Waals surface area contributed by atoms with E-state index in [1.807, 2.05) is 31.2 Å². The van der Waals surface area contributed by atoms with E-state index in [0.29, 0.717) is 17.5 Å². The number of carbonyl (C=O) groups excluding carboxylic acids is 1. The number of nitrogens with zero attached hydrogens (tertiary/aromatic N) is 2. The molecular formula is C28H40N4O3. The van der Waals surface area contributed by atoms with Crippen LogP contribution in [0.2, 0.25) is 0 Å². The fourth-order valence-electron chi connectivity index (χ4n) is 5.25. The van der Waals surface area contributed by atoms with E-state index >= 15 is 0 Å². The van der Waals surface area contributed by atoms with E-state index < -0.39 is 0 Å². The van der Waals surface area contributed by atoms with Crippen LogP contribution in [-0.4, -0.2) is 62.4 Å². The van der Waals surface area contributed by atoms with Gasteiger partial charge in [0.25, 0.3) is 0 Å². The molecule has 0 unspecified atom stereocenters. The summed E-state index contributed by atoms with van der Waals surface area (Å²) < 4.78 is 11.4. The van der Waals surface area contributed by atoms with Gasteiger partial charge in [-0.1, -0.05) is 18.2 Å². The molecule has 0 spiro atoms. The predicted octanol–water partition coefficient (Wildman–Crippen LogP) is 5.05. The lowest BCUT2D eigenvalue weighted by Gasteiger charge is -2.43. The highest BCUT2D eigenvalue weighted by Crippen LogP contribution is 2.31. The fourth-order valence-corrected chi connectivity index (χ4v) is 5.25. The van der Waals surface area contributed by atoms with Crippen molar-refractivity contribution in [2.75, 3.05) is 43.5 Å². The number of carbonyl (C=O) groups is 1. The molecule has 0 radical (unpaired) electrons. The van der Waals surface area contributed by atoms with E-state index in [4.69, 9.17) is 9.47 Å². The molecule has 2 aliphatic rings. The topological polar surface area (TPSA) is 66.1 Å². The van der Waals surface area contributed by atoms with Gasteiger partial charge in [-0.25, -0.2) is 4.79 Å². The van der Waals surface area contributed by atoms with Crippen LogP contribution in [0.3, 0.4) is 0 Å². The molecule has 2 N–H and O–H groups in total. The van der Waals surface area contributed by atoms with Crippen LogP contribution in [0.15, 0.2) is 42.5 Å². The van der Waals surface area contributed by atoms with Crippen LogP contribution in [-0.2, 0) is 0 Å². The van der Waals surface area contributed by atoms with Gasteiger partial charge in [0.2, 0.25) is 0 Å². The van der Waals surface area contributed by atoms with Crippen LogP contribution >= 0.6 is 0 Å². The quantitative estimate of drug-likeness (QED) is 0.581. The molecule has 7 heteroatoms. The second-order valence-electron chi connectivity index (χ2n) is 9.96. The van der Waals surface area contributed by atoms with Crippen LogP contribution in [0.1, 0.15) is 45.1 Å². The van der Waals surface area contributed by atoms with Crippen molar-refractivity contribution in [1.82, 2.24) is 10.2 Å². The molecule has 1 heterocycles. The minimum atomic E-state index is -0.159. The summed E-state index contributed by atoms with van der Waals surface area (Å²) in [6.45, 7) is 10.3. The van der Waals surface area contributed by atoms with Gasteiger partial charge in [-0.2, -0.15) is 0 Å². The molecule has 1 aliphatic heterocycles. The lowest BCUT2D eigenvalue weighted by Crippen LogP contribution is -2.52. The molecule has 2 amide bonds. The molecule has 0 atom stereocenters. The van der Waals surface area contributed by atoms with Gasteiger partial charge in [-0.05, 0) is 76.3 Å². The molecular weight excluding hydrogens is 440 g/mol. The first-order valence-corrected chi connectivity index (χ1v) is 12.9. The first-order chi connectivity index (χ1) is 16.9. The van der Waals surface area contributed by atoms with Crippen molar-refractivity contribution >= 4 is 17.4 Å². The van der Waals surface area contributed by atoms with Crippen LogP contribution < -0.4 is 25.0 Å². The van der Waals surface area contributed by atoms with E-state index in [1.54, 1.807) is 7.11 Å². The summed E-state index contributed by atoms with van der Waals surface area (Å²) in [5, 5.41) is 6.13. The smallest absolute Gasteiger partial charge is 0.319 e. The second kappa shape index (κ2) is 11.7. The number of benzene rings is 2. The summed E-state index contributed by atoms with van der Waals surface area (Å²) in [5.74, 6) is 1.65. The predicted molar refractivity (Wildman–Crippen MR) is 142 cm³/mol. The number of ether oxygens (including phenoxy) is 2. The van der Waals surface area contributed by atoms with Crippen molar-refractivity contribution < 1.29 is 14.3 Å². The second-order valence-corrected chi connectivity index (χ2v) is 9.96. The van der Waals surface area contributed by atoms with Crippen molar-refractivity contribution in [3.8, 4) is 11.5 Å². The number of hydrogen-bond acceptors (Lipinski definition) is 5. The van der Waals surface area contributed by atoms with Gasteiger partial charge in [0.1, 0.15) is 11.5 Å². The van der Waals surface area contributed by atoms with E-state index in [9.17, 15) is 4.79 Å². The number of urea groups is 1. The van der Waals surface area contributed by atoms with Gasteiger partial charge in [0, 0.05) is 38.3 Å². The van der Waals surface area contributed by atoms with Gasteiger partial charge >= 0.3 is 6.03 Å². The monoisotopic (exact) mass is 480 g/mol. The fraction of sp³-hybridized carbons (Fsp3) is 0.536. The maximum atomic E-state index is 12.6. The van der Waals surface area contributed by atoms with Crippen molar-refractivity contribution in [3.63, 3.8) is 0 Å². The highest BCUT2D eigenvalue weighted by Gasteiger charge is 2.29. The molecule has 2 fully saturated rings. The van der Waals surface area contributed by atoms with Crippen LogP contribution in [0, 0.1) is 6.92 Å². The van der Waals surface area contributed by atoms with Gasteiger partial charge < -0.3 is 25.0 Å². The normalized spacial score (nSPS) is 21.0. The largest absolute Gasteiger partial charge is 0.495 e. The molecule has 0 bridgehead atoms. The third-order valence-electron chi connectivity index (χ3n) is 7.03. The Morgan fingerprint density at radius 2 is 1.69 bits per heavy atom. The third-order valence-corrected chi connectivity index (χ3v) is 7.03. The Bertz CT molecular complexity index is 980. The average Bonchev–Trinajstić information content (AvgIpc) is 2.85. The number of rotatable bonds is 7. The zero-order valence-corrected chi connectivity index (χ0v) is 21.5. The highest BCUT2D eigenvalue weighted by atomic mass is 16.5. The van der Waals surface area contributed by atoms with E-state index in [2.05, 4.69) is 52.5 Å². The molecule has 2 aromatic rings. The summed E-state index contributed by atoms with van der Waals surface area (Å²) in [6, 6.07) is 14.8. The Morgan fingerprint density at radius 1 is 0.971 bits per heavy atom. The van der Waals surface area contributed by atoms with Gasteiger partial charge in [0.05, 0.1) is 24.6 Å². The Labute approximate surface area is 209 Å². The summed E-state index contributed by atoms with van der Waals surface area (Å²) in [4.78, 5) is 17.7. The molecule has 190 valence electrons. The highest BCUT2D eigenvalue weighted by molar-refractivity contribution is 5.91. The van der Waals surface area contributed by atoms with Gasteiger partial charge in [-0.3, -0.25) is 4.90 Å². The molecule has 7 nitrogen and oxygen atoms in total. The molecule has 0 aromatic heterocycles. The number of anilines is 2. The van der Waals surface area contributed by atoms with Crippen molar-refractivity contribution in [3.05, 3.63) is 48.0 Å². The average molecular weight is 481 g/mol.